The third-order valence-corrected chi connectivity index (χ3v) is 6.40. The minimum absolute atomic E-state index is 0.179. The molecule has 2 aromatic rings. The van der Waals surface area contributed by atoms with Gasteiger partial charge in [-0.2, -0.15) is 0 Å². The van der Waals surface area contributed by atoms with Crippen molar-refractivity contribution in [2.24, 2.45) is 0 Å². The average Bonchev–Trinajstić information content (AvgIpc) is 2.71. The maximum Gasteiger partial charge on any atom is 0.336 e. The van der Waals surface area contributed by atoms with Gasteiger partial charge in [0.05, 0.1) is 9.35 Å². The Morgan fingerprint density at radius 3 is 2.35 bits per heavy atom. The molecule has 0 aliphatic carbocycles. The van der Waals surface area contributed by atoms with Gasteiger partial charge in [-0.1, -0.05) is 12.1 Å². The molecule has 1 heterocycles. The van der Waals surface area contributed by atoms with Crippen molar-refractivity contribution >= 4 is 49.2 Å². The van der Waals surface area contributed by atoms with Gasteiger partial charge in [0, 0.05) is 14.9 Å². The molecule has 0 fully saturated rings. The molecule has 0 amide bonds. The number of benzene rings is 1. The van der Waals surface area contributed by atoms with Crippen LogP contribution in [0.3, 0.4) is 0 Å². The third-order valence-electron chi connectivity index (χ3n) is 3.09. The van der Waals surface area contributed by atoms with E-state index in [0.717, 1.165) is 13.8 Å². The van der Waals surface area contributed by atoms with E-state index in [2.05, 4.69) is 31.9 Å². The first-order valence-corrected chi connectivity index (χ1v) is 8.19. The van der Waals surface area contributed by atoms with Crippen LogP contribution in [0.1, 0.15) is 38.0 Å². The van der Waals surface area contributed by atoms with Gasteiger partial charge in [0.25, 0.3) is 0 Å². The highest BCUT2D eigenvalue weighted by Crippen LogP contribution is 2.39. The molecule has 1 atom stereocenters. The van der Waals surface area contributed by atoms with Gasteiger partial charge >= 0.3 is 5.97 Å². The predicted octanol–water partition coefficient (Wildman–Crippen LogP) is 4.67. The Bertz CT molecular complexity index is 660. The summed E-state index contributed by atoms with van der Waals surface area (Å²) in [6.07, 6.45) is -0.950. The maximum atomic E-state index is 11.5. The molecule has 1 aromatic carbocycles. The Balaban J connectivity index is 2.62. The Labute approximate surface area is 137 Å². The quantitative estimate of drug-likeness (QED) is 0.759. The molecule has 20 heavy (non-hydrogen) atoms. The van der Waals surface area contributed by atoms with Gasteiger partial charge in [0.2, 0.25) is 0 Å². The predicted molar refractivity (Wildman–Crippen MR) is 86.7 cm³/mol. The molecule has 0 bridgehead atoms. The van der Waals surface area contributed by atoms with E-state index >= 15 is 0 Å². The van der Waals surface area contributed by atoms with Crippen LogP contribution in [0.15, 0.2) is 26.5 Å². The van der Waals surface area contributed by atoms with E-state index in [-0.39, 0.29) is 5.56 Å². The minimum atomic E-state index is -1.02. The number of aliphatic hydroxyl groups is 1. The number of thiophene rings is 1. The molecular formula is C14H12Br2O3S. The van der Waals surface area contributed by atoms with Crippen LogP contribution in [-0.2, 0) is 0 Å². The van der Waals surface area contributed by atoms with Gasteiger partial charge in [-0.05, 0) is 62.9 Å². The zero-order valence-corrected chi connectivity index (χ0v) is 14.8. The van der Waals surface area contributed by atoms with Crippen LogP contribution in [-0.4, -0.2) is 16.2 Å². The van der Waals surface area contributed by atoms with Crippen molar-refractivity contribution in [3.05, 3.63) is 53.6 Å². The van der Waals surface area contributed by atoms with Crippen LogP contribution in [0, 0.1) is 13.8 Å². The zero-order valence-electron chi connectivity index (χ0n) is 10.8. The van der Waals surface area contributed by atoms with Crippen LogP contribution >= 0.6 is 43.2 Å². The lowest BCUT2D eigenvalue weighted by atomic mass is 9.93. The Morgan fingerprint density at radius 2 is 1.85 bits per heavy atom. The van der Waals surface area contributed by atoms with Crippen molar-refractivity contribution in [1.82, 2.24) is 0 Å². The number of rotatable bonds is 3. The van der Waals surface area contributed by atoms with Crippen molar-refractivity contribution in [3.8, 4) is 0 Å². The van der Waals surface area contributed by atoms with E-state index in [1.165, 1.54) is 11.3 Å². The van der Waals surface area contributed by atoms with Crippen molar-refractivity contribution < 1.29 is 15.0 Å². The molecule has 1 unspecified atom stereocenters. The third kappa shape index (κ3) is 2.83. The van der Waals surface area contributed by atoms with E-state index in [9.17, 15) is 15.0 Å². The van der Waals surface area contributed by atoms with E-state index in [0.29, 0.717) is 16.0 Å². The van der Waals surface area contributed by atoms with Gasteiger partial charge in [-0.15, -0.1) is 11.3 Å². The average molecular weight is 420 g/mol. The fourth-order valence-corrected chi connectivity index (χ4v) is 4.20. The Morgan fingerprint density at radius 1 is 1.25 bits per heavy atom. The van der Waals surface area contributed by atoms with E-state index < -0.39 is 12.1 Å². The molecule has 2 rings (SSSR count). The zero-order chi connectivity index (χ0) is 15.0. The summed E-state index contributed by atoms with van der Waals surface area (Å²) in [5.74, 6) is -1.02. The van der Waals surface area contributed by atoms with Gasteiger partial charge < -0.3 is 10.2 Å². The molecule has 0 aliphatic heterocycles. The lowest BCUT2D eigenvalue weighted by Gasteiger charge is -2.17. The molecular weight excluding hydrogens is 408 g/mol. The summed E-state index contributed by atoms with van der Waals surface area (Å²) in [7, 11) is 0. The standard InChI is InChI=1S/C14H12Br2O3S/c1-6-3-4-7(2)11(14(18)19)10(6)12(17)9-5-8(15)13(16)20-9/h3-5,12,17H,1-2H3,(H,18,19). The number of hydrogen-bond donors (Lipinski definition) is 2. The highest BCUT2D eigenvalue weighted by atomic mass is 79.9. The van der Waals surface area contributed by atoms with Crippen molar-refractivity contribution in [1.29, 1.82) is 0 Å². The van der Waals surface area contributed by atoms with Gasteiger partial charge in [0.1, 0.15) is 6.10 Å². The second-order valence-corrected chi connectivity index (χ2v) is 7.72. The first-order chi connectivity index (χ1) is 9.32. The number of aliphatic hydroxyl groups excluding tert-OH is 1. The summed E-state index contributed by atoms with van der Waals surface area (Å²) in [6.45, 7) is 3.54. The monoisotopic (exact) mass is 418 g/mol. The smallest absolute Gasteiger partial charge is 0.336 e. The molecule has 0 saturated carbocycles. The molecule has 0 aliphatic rings. The summed E-state index contributed by atoms with van der Waals surface area (Å²) in [5, 5.41) is 20.0. The Kier molecular flexibility index (Phi) is 4.69. The number of aromatic carboxylic acids is 1. The van der Waals surface area contributed by atoms with Gasteiger partial charge in [0.15, 0.2) is 0 Å². The van der Waals surface area contributed by atoms with Crippen molar-refractivity contribution in [2.75, 3.05) is 0 Å². The number of aryl methyl sites for hydroxylation is 2. The fraction of sp³-hybridized carbons (Fsp3) is 0.214. The molecule has 2 N–H and O–H groups in total. The lowest BCUT2D eigenvalue weighted by Crippen LogP contribution is -2.11. The second kappa shape index (κ2) is 5.97. The van der Waals surface area contributed by atoms with Crippen LogP contribution < -0.4 is 0 Å². The summed E-state index contributed by atoms with van der Waals surface area (Å²) >= 11 is 8.13. The van der Waals surface area contributed by atoms with E-state index in [1.807, 2.05) is 13.0 Å². The van der Waals surface area contributed by atoms with Crippen LogP contribution in [0.4, 0.5) is 0 Å². The summed E-state index contributed by atoms with van der Waals surface area (Å²) < 4.78 is 1.72. The summed E-state index contributed by atoms with van der Waals surface area (Å²) in [4.78, 5) is 12.2. The molecule has 0 spiro atoms. The number of halogens is 2. The topological polar surface area (TPSA) is 57.5 Å². The first kappa shape index (κ1) is 15.7. The second-order valence-electron chi connectivity index (χ2n) is 4.47. The number of carbonyl (C=O) groups is 1. The Hall–Kier alpha value is -0.690. The molecule has 0 radical (unpaired) electrons. The van der Waals surface area contributed by atoms with Gasteiger partial charge in [-0.25, -0.2) is 4.79 Å². The number of hydrogen-bond acceptors (Lipinski definition) is 3. The fourth-order valence-electron chi connectivity index (χ4n) is 2.11. The van der Waals surface area contributed by atoms with Gasteiger partial charge in [-0.3, -0.25) is 0 Å². The number of carboxylic acid groups (broad SMARTS) is 1. The van der Waals surface area contributed by atoms with Crippen LogP contribution in [0.2, 0.25) is 0 Å². The lowest BCUT2D eigenvalue weighted by molar-refractivity contribution is 0.0690. The van der Waals surface area contributed by atoms with Crippen molar-refractivity contribution in [2.45, 2.75) is 20.0 Å². The molecule has 3 nitrogen and oxygen atoms in total. The highest BCUT2D eigenvalue weighted by Gasteiger charge is 2.24. The van der Waals surface area contributed by atoms with Crippen LogP contribution in [0.5, 0.6) is 0 Å². The molecule has 1 aromatic heterocycles. The maximum absolute atomic E-state index is 11.5. The van der Waals surface area contributed by atoms with Crippen LogP contribution in [0.25, 0.3) is 0 Å². The minimum Gasteiger partial charge on any atom is -0.478 e. The first-order valence-electron chi connectivity index (χ1n) is 5.79. The normalized spacial score (nSPS) is 12.4. The summed E-state index contributed by atoms with van der Waals surface area (Å²) in [6, 6.07) is 5.39. The van der Waals surface area contributed by atoms with Crippen molar-refractivity contribution in [3.63, 3.8) is 0 Å². The molecule has 0 saturated heterocycles. The largest absolute Gasteiger partial charge is 0.478 e. The van der Waals surface area contributed by atoms with E-state index in [4.69, 9.17) is 0 Å². The SMILES string of the molecule is Cc1ccc(C)c(C(O)c2cc(Br)c(Br)s2)c1C(=O)O. The molecule has 6 heteroatoms. The summed E-state index contributed by atoms with van der Waals surface area (Å²) in [5.41, 5.74) is 2.05. The molecule has 106 valence electrons. The van der Waals surface area contributed by atoms with E-state index in [1.54, 1.807) is 19.1 Å². The number of carboxylic acids is 1. The highest BCUT2D eigenvalue weighted by molar-refractivity contribution is 9.13.